The summed E-state index contributed by atoms with van der Waals surface area (Å²) in [5.41, 5.74) is 1.14. The summed E-state index contributed by atoms with van der Waals surface area (Å²) in [7, 11) is 0. The van der Waals surface area contributed by atoms with Gasteiger partial charge in [-0.15, -0.1) is 6.42 Å². The minimum atomic E-state index is -0.0890. The van der Waals surface area contributed by atoms with E-state index >= 15 is 0 Å². The fourth-order valence-corrected chi connectivity index (χ4v) is 2.70. The highest BCUT2D eigenvalue weighted by Crippen LogP contribution is 2.17. The summed E-state index contributed by atoms with van der Waals surface area (Å²) in [4.78, 5) is 2.43. The Hall–Kier alpha value is -1.54. The highest BCUT2D eigenvalue weighted by molar-refractivity contribution is 5.33. The number of nitrogens with one attached hydrogen (secondary N) is 1. The van der Waals surface area contributed by atoms with Gasteiger partial charge in [0.2, 0.25) is 0 Å². The van der Waals surface area contributed by atoms with Crippen molar-refractivity contribution < 1.29 is 9.84 Å². The molecule has 4 nitrogen and oxygen atoms in total. The number of piperidine rings is 1. The third kappa shape index (κ3) is 5.69. The predicted octanol–water partition coefficient (Wildman–Crippen LogP) is 1.63. The topological polar surface area (TPSA) is 44.7 Å². The van der Waals surface area contributed by atoms with Gasteiger partial charge < -0.3 is 20.1 Å². The van der Waals surface area contributed by atoms with Crippen LogP contribution in [0.2, 0.25) is 0 Å². The number of rotatable bonds is 8. The van der Waals surface area contributed by atoms with Crippen molar-refractivity contribution in [3.63, 3.8) is 0 Å². The van der Waals surface area contributed by atoms with E-state index in [1.165, 1.54) is 0 Å². The summed E-state index contributed by atoms with van der Waals surface area (Å²) in [6, 6.07) is 7.98. The molecule has 1 saturated heterocycles. The zero-order valence-electron chi connectivity index (χ0n) is 13.1. The second-order valence-corrected chi connectivity index (χ2v) is 5.70. The molecule has 0 saturated carbocycles. The van der Waals surface area contributed by atoms with Gasteiger partial charge in [-0.3, -0.25) is 0 Å². The van der Waals surface area contributed by atoms with Crippen molar-refractivity contribution in [2.45, 2.75) is 31.9 Å². The summed E-state index contributed by atoms with van der Waals surface area (Å²) >= 11 is 0. The van der Waals surface area contributed by atoms with E-state index < -0.39 is 0 Å². The van der Waals surface area contributed by atoms with E-state index in [0.717, 1.165) is 63.3 Å². The molecule has 2 N–H and O–H groups in total. The molecule has 0 unspecified atom stereocenters. The number of para-hydroxylation sites is 1. The molecule has 1 aliphatic heterocycles. The Morgan fingerprint density at radius 3 is 2.86 bits per heavy atom. The van der Waals surface area contributed by atoms with Gasteiger partial charge in [-0.05, 0) is 38.4 Å². The lowest BCUT2D eigenvalue weighted by atomic mass is 10.1. The molecular weight excluding hydrogens is 276 g/mol. The van der Waals surface area contributed by atoms with Crippen LogP contribution in [0.1, 0.15) is 24.8 Å². The van der Waals surface area contributed by atoms with Crippen LogP contribution in [-0.2, 0) is 6.54 Å². The zero-order valence-corrected chi connectivity index (χ0v) is 13.1. The minimum Gasteiger partial charge on any atom is -0.481 e. The standard InChI is InChI=1S/C18H26N2O2/c1-2-14-22-18-7-4-3-6-16(18)15-19-10-5-11-20-12-8-17(21)9-13-20/h1,3-4,6-7,17,19,21H,5,8-15H2. The van der Waals surface area contributed by atoms with Gasteiger partial charge >= 0.3 is 0 Å². The van der Waals surface area contributed by atoms with Crippen LogP contribution in [-0.4, -0.2) is 48.9 Å². The van der Waals surface area contributed by atoms with E-state index in [1.54, 1.807) is 0 Å². The van der Waals surface area contributed by atoms with Gasteiger partial charge in [0.1, 0.15) is 12.4 Å². The first-order valence-electron chi connectivity index (χ1n) is 8.05. The van der Waals surface area contributed by atoms with Crippen LogP contribution in [0, 0.1) is 12.3 Å². The van der Waals surface area contributed by atoms with Crippen LogP contribution in [0.25, 0.3) is 0 Å². The molecule has 0 atom stereocenters. The Kier molecular flexibility index (Phi) is 7.24. The molecule has 0 aromatic heterocycles. The fourth-order valence-electron chi connectivity index (χ4n) is 2.70. The number of likely N-dealkylation sites (tertiary alicyclic amines) is 1. The van der Waals surface area contributed by atoms with Crippen molar-refractivity contribution in [3.05, 3.63) is 29.8 Å². The fraction of sp³-hybridized carbons (Fsp3) is 0.556. The first kappa shape index (κ1) is 16.8. The van der Waals surface area contributed by atoms with Gasteiger partial charge in [-0.1, -0.05) is 24.1 Å². The van der Waals surface area contributed by atoms with E-state index in [1.807, 2.05) is 18.2 Å². The first-order chi connectivity index (χ1) is 10.8. The Morgan fingerprint density at radius 2 is 2.09 bits per heavy atom. The van der Waals surface area contributed by atoms with Crippen molar-refractivity contribution >= 4 is 0 Å². The van der Waals surface area contributed by atoms with Gasteiger partial charge in [0.15, 0.2) is 0 Å². The van der Waals surface area contributed by atoms with Crippen LogP contribution < -0.4 is 10.1 Å². The molecule has 120 valence electrons. The SMILES string of the molecule is C#CCOc1ccccc1CNCCCN1CCC(O)CC1. The molecular formula is C18H26N2O2. The maximum atomic E-state index is 9.49. The van der Waals surface area contributed by atoms with Crippen LogP contribution in [0.4, 0.5) is 0 Å². The Morgan fingerprint density at radius 1 is 1.32 bits per heavy atom. The van der Waals surface area contributed by atoms with Crippen molar-refractivity contribution in [2.24, 2.45) is 0 Å². The number of terminal acetylenes is 1. The predicted molar refractivity (Wildman–Crippen MR) is 88.8 cm³/mol. The van der Waals surface area contributed by atoms with Crippen LogP contribution in [0.5, 0.6) is 5.75 Å². The first-order valence-corrected chi connectivity index (χ1v) is 8.05. The molecule has 2 rings (SSSR count). The smallest absolute Gasteiger partial charge is 0.148 e. The highest BCUT2D eigenvalue weighted by atomic mass is 16.5. The van der Waals surface area contributed by atoms with Crippen LogP contribution >= 0.6 is 0 Å². The molecule has 1 aromatic carbocycles. The molecule has 1 aromatic rings. The lowest BCUT2D eigenvalue weighted by Gasteiger charge is -2.29. The lowest BCUT2D eigenvalue weighted by molar-refractivity contribution is 0.0821. The summed E-state index contributed by atoms with van der Waals surface area (Å²) in [5, 5.41) is 12.9. The number of benzene rings is 1. The number of hydrogen-bond donors (Lipinski definition) is 2. The van der Waals surface area contributed by atoms with Gasteiger partial charge in [0, 0.05) is 25.2 Å². The average molecular weight is 302 g/mol. The number of aliphatic hydroxyl groups is 1. The molecule has 0 radical (unpaired) electrons. The van der Waals surface area contributed by atoms with Crippen molar-refractivity contribution in [1.82, 2.24) is 10.2 Å². The molecule has 4 heteroatoms. The molecule has 1 aliphatic rings. The third-order valence-corrected chi connectivity index (χ3v) is 3.98. The van der Waals surface area contributed by atoms with E-state index in [2.05, 4.69) is 22.2 Å². The molecule has 0 amide bonds. The second-order valence-electron chi connectivity index (χ2n) is 5.70. The van der Waals surface area contributed by atoms with Crippen molar-refractivity contribution in [2.75, 3.05) is 32.8 Å². The minimum absolute atomic E-state index is 0.0890. The van der Waals surface area contributed by atoms with Gasteiger partial charge in [0.05, 0.1) is 6.10 Å². The van der Waals surface area contributed by atoms with Gasteiger partial charge in [-0.2, -0.15) is 0 Å². The molecule has 1 heterocycles. The maximum Gasteiger partial charge on any atom is 0.148 e. The van der Waals surface area contributed by atoms with Crippen molar-refractivity contribution in [3.8, 4) is 18.1 Å². The average Bonchev–Trinajstić information content (AvgIpc) is 2.55. The summed E-state index contributed by atoms with van der Waals surface area (Å²) in [6.45, 7) is 5.20. The quantitative estimate of drug-likeness (QED) is 0.566. The van der Waals surface area contributed by atoms with Crippen LogP contribution in [0.3, 0.4) is 0 Å². The Labute approximate surface area is 133 Å². The van der Waals surface area contributed by atoms with Crippen molar-refractivity contribution in [1.29, 1.82) is 0 Å². The highest BCUT2D eigenvalue weighted by Gasteiger charge is 2.15. The van der Waals surface area contributed by atoms with E-state index in [0.29, 0.717) is 6.61 Å². The number of ether oxygens (including phenoxy) is 1. The summed E-state index contributed by atoms with van der Waals surface area (Å²) < 4.78 is 5.54. The Balaban J connectivity index is 1.63. The Bertz CT molecular complexity index is 476. The lowest BCUT2D eigenvalue weighted by Crippen LogP contribution is -2.37. The monoisotopic (exact) mass is 302 g/mol. The van der Waals surface area contributed by atoms with Gasteiger partial charge in [0.25, 0.3) is 0 Å². The molecule has 22 heavy (non-hydrogen) atoms. The number of nitrogens with zero attached hydrogens (tertiary/aromatic N) is 1. The van der Waals surface area contributed by atoms with E-state index in [9.17, 15) is 5.11 Å². The number of hydrogen-bond acceptors (Lipinski definition) is 4. The largest absolute Gasteiger partial charge is 0.481 e. The zero-order chi connectivity index (χ0) is 15.6. The van der Waals surface area contributed by atoms with Gasteiger partial charge in [-0.25, -0.2) is 0 Å². The van der Waals surface area contributed by atoms with Crippen LogP contribution in [0.15, 0.2) is 24.3 Å². The molecule has 0 bridgehead atoms. The molecule has 0 aliphatic carbocycles. The van der Waals surface area contributed by atoms with E-state index in [4.69, 9.17) is 11.2 Å². The molecule has 1 fully saturated rings. The summed E-state index contributed by atoms with van der Waals surface area (Å²) in [6.07, 6.45) is 8.08. The maximum absolute atomic E-state index is 9.49. The second kappa shape index (κ2) is 9.47. The normalized spacial score (nSPS) is 16.4. The summed E-state index contributed by atoms with van der Waals surface area (Å²) in [5.74, 6) is 3.35. The third-order valence-electron chi connectivity index (χ3n) is 3.98. The number of aliphatic hydroxyl groups excluding tert-OH is 1. The van der Waals surface area contributed by atoms with E-state index in [-0.39, 0.29) is 6.10 Å². The molecule has 0 spiro atoms.